The Labute approximate surface area is 153 Å². The summed E-state index contributed by atoms with van der Waals surface area (Å²) in [6, 6.07) is 13.7. The summed E-state index contributed by atoms with van der Waals surface area (Å²) >= 11 is 0. The van der Waals surface area contributed by atoms with Crippen molar-refractivity contribution in [1.29, 1.82) is 0 Å². The summed E-state index contributed by atoms with van der Waals surface area (Å²) in [6.45, 7) is 7.90. The van der Waals surface area contributed by atoms with E-state index in [0.717, 1.165) is 28.1 Å². The van der Waals surface area contributed by atoms with Crippen molar-refractivity contribution < 1.29 is 14.1 Å². The molecule has 0 fully saturated rings. The summed E-state index contributed by atoms with van der Waals surface area (Å²) in [5.41, 5.74) is 4.75. The number of carbonyl (C=O) groups excluding carboxylic acids is 1. The topological polar surface area (TPSA) is 64.4 Å². The van der Waals surface area contributed by atoms with E-state index in [4.69, 9.17) is 9.26 Å². The molecule has 0 bridgehead atoms. The number of rotatable bonds is 5. The lowest BCUT2D eigenvalue weighted by molar-refractivity contribution is 0.101. The van der Waals surface area contributed by atoms with Crippen molar-refractivity contribution in [2.75, 3.05) is 5.32 Å². The molecule has 134 valence electrons. The van der Waals surface area contributed by atoms with E-state index in [1.54, 1.807) is 6.92 Å². The van der Waals surface area contributed by atoms with Gasteiger partial charge in [-0.3, -0.25) is 4.79 Å². The number of hydrogen-bond acceptors (Lipinski definition) is 4. The van der Waals surface area contributed by atoms with Crippen LogP contribution in [-0.4, -0.2) is 11.1 Å². The molecule has 1 heterocycles. The summed E-state index contributed by atoms with van der Waals surface area (Å²) in [7, 11) is 0. The Morgan fingerprint density at radius 1 is 1.08 bits per heavy atom. The zero-order chi connectivity index (χ0) is 18.7. The van der Waals surface area contributed by atoms with Crippen molar-refractivity contribution in [3.8, 4) is 5.75 Å². The molecule has 3 rings (SSSR count). The fourth-order valence-electron chi connectivity index (χ4n) is 2.66. The van der Waals surface area contributed by atoms with Gasteiger partial charge in [0.1, 0.15) is 18.1 Å². The van der Waals surface area contributed by atoms with Gasteiger partial charge in [0.2, 0.25) is 0 Å². The molecule has 0 unspecified atom stereocenters. The van der Waals surface area contributed by atoms with Crippen molar-refractivity contribution in [3.05, 3.63) is 76.2 Å². The SMILES string of the molecule is Cc1ccc(C)c(NC(=O)c2noc(C)c2COc2ccccc2C)c1. The third kappa shape index (κ3) is 3.77. The molecule has 1 N–H and O–H groups in total. The van der Waals surface area contributed by atoms with Gasteiger partial charge < -0.3 is 14.6 Å². The Morgan fingerprint density at radius 3 is 2.62 bits per heavy atom. The highest BCUT2D eigenvalue weighted by molar-refractivity contribution is 6.04. The first-order valence-electron chi connectivity index (χ1n) is 8.48. The quantitative estimate of drug-likeness (QED) is 0.722. The van der Waals surface area contributed by atoms with Gasteiger partial charge in [0.25, 0.3) is 5.91 Å². The molecule has 0 aliphatic rings. The Morgan fingerprint density at radius 2 is 1.85 bits per heavy atom. The predicted octanol–water partition coefficient (Wildman–Crippen LogP) is 4.74. The number of aromatic nitrogens is 1. The van der Waals surface area contributed by atoms with Gasteiger partial charge in [-0.05, 0) is 56.5 Å². The van der Waals surface area contributed by atoms with Gasteiger partial charge in [-0.2, -0.15) is 0 Å². The van der Waals surface area contributed by atoms with Crippen LogP contribution in [-0.2, 0) is 6.61 Å². The van der Waals surface area contributed by atoms with Crippen LogP contribution in [0.3, 0.4) is 0 Å². The monoisotopic (exact) mass is 350 g/mol. The number of para-hydroxylation sites is 1. The molecule has 5 heteroatoms. The first-order valence-corrected chi connectivity index (χ1v) is 8.48. The number of ether oxygens (including phenoxy) is 1. The normalized spacial score (nSPS) is 10.6. The lowest BCUT2D eigenvalue weighted by Crippen LogP contribution is -2.16. The Bertz CT molecular complexity index is 944. The van der Waals surface area contributed by atoms with E-state index in [9.17, 15) is 4.79 Å². The number of nitrogens with zero attached hydrogens (tertiary/aromatic N) is 1. The predicted molar refractivity (Wildman–Crippen MR) is 101 cm³/mol. The second-order valence-electron chi connectivity index (χ2n) is 6.39. The number of aryl methyl sites for hydroxylation is 4. The molecule has 0 saturated heterocycles. The summed E-state index contributed by atoms with van der Waals surface area (Å²) in [6.07, 6.45) is 0. The standard InChI is InChI=1S/C21H22N2O3/c1-13-9-10-14(2)18(11-13)22-21(24)20-17(16(4)26-23-20)12-25-19-8-6-5-7-15(19)3/h5-11H,12H2,1-4H3,(H,22,24). The summed E-state index contributed by atoms with van der Waals surface area (Å²) in [5.74, 6) is 1.04. The highest BCUT2D eigenvalue weighted by Gasteiger charge is 2.21. The van der Waals surface area contributed by atoms with Gasteiger partial charge in [0.05, 0.1) is 5.56 Å². The Hall–Kier alpha value is -3.08. The van der Waals surface area contributed by atoms with Gasteiger partial charge in [0, 0.05) is 5.69 Å². The number of benzene rings is 2. The third-order valence-electron chi connectivity index (χ3n) is 4.31. The molecule has 0 aliphatic heterocycles. The van der Waals surface area contributed by atoms with E-state index in [-0.39, 0.29) is 18.2 Å². The van der Waals surface area contributed by atoms with Crippen LogP contribution in [0.5, 0.6) is 5.75 Å². The molecule has 1 amide bonds. The summed E-state index contributed by atoms with van der Waals surface area (Å²) in [4.78, 5) is 12.7. The molecular weight excluding hydrogens is 328 g/mol. The lowest BCUT2D eigenvalue weighted by Gasteiger charge is -2.10. The minimum Gasteiger partial charge on any atom is -0.488 e. The van der Waals surface area contributed by atoms with E-state index in [1.165, 1.54) is 0 Å². The maximum atomic E-state index is 12.7. The van der Waals surface area contributed by atoms with E-state index in [2.05, 4.69) is 10.5 Å². The zero-order valence-corrected chi connectivity index (χ0v) is 15.4. The van der Waals surface area contributed by atoms with Gasteiger partial charge in [-0.15, -0.1) is 0 Å². The fourth-order valence-corrected chi connectivity index (χ4v) is 2.66. The molecule has 1 aromatic heterocycles. The lowest BCUT2D eigenvalue weighted by atomic mass is 10.1. The van der Waals surface area contributed by atoms with E-state index >= 15 is 0 Å². The van der Waals surface area contributed by atoms with Gasteiger partial charge in [-0.1, -0.05) is 35.5 Å². The van der Waals surface area contributed by atoms with Crippen molar-refractivity contribution >= 4 is 11.6 Å². The Balaban J connectivity index is 1.79. The average molecular weight is 350 g/mol. The smallest absolute Gasteiger partial charge is 0.278 e. The maximum Gasteiger partial charge on any atom is 0.278 e. The molecule has 26 heavy (non-hydrogen) atoms. The van der Waals surface area contributed by atoms with Crippen molar-refractivity contribution in [1.82, 2.24) is 5.16 Å². The molecule has 5 nitrogen and oxygen atoms in total. The highest BCUT2D eigenvalue weighted by Crippen LogP contribution is 2.22. The van der Waals surface area contributed by atoms with Gasteiger partial charge in [0.15, 0.2) is 5.69 Å². The maximum absolute atomic E-state index is 12.7. The van der Waals surface area contributed by atoms with Crippen LogP contribution >= 0.6 is 0 Å². The summed E-state index contributed by atoms with van der Waals surface area (Å²) < 4.78 is 11.1. The minimum absolute atomic E-state index is 0.218. The number of amides is 1. The van der Waals surface area contributed by atoms with E-state index in [1.807, 2.05) is 63.2 Å². The Kier molecular flexibility index (Phi) is 5.07. The number of hydrogen-bond donors (Lipinski definition) is 1. The average Bonchev–Trinajstić information content (AvgIpc) is 2.98. The van der Waals surface area contributed by atoms with Crippen LogP contribution in [0.2, 0.25) is 0 Å². The van der Waals surface area contributed by atoms with Crippen LogP contribution in [0.15, 0.2) is 47.0 Å². The molecule has 3 aromatic rings. The molecule has 0 radical (unpaired) electrons. The molecule has 0 saturated carbocycles. The van der Waals surface area contributed by atoms with Gasteiger partial charge >= 0.3 is 0 Å². The fraction of sp³-hybridized carbons (Fsp3) is 0.238. The first-order chi connectivity index (χ1) is 12.5. The van der Waals surface area contributed by atoms with E-state index in [0.29, 0.717) is 11.3 Å². The van der Waals surface area contributed by atoms with Crippen molar-refractivity contribution in [2.45, 2.75) is 34.3 Å². The molecule has 0 spiro atoms. The largest absolute Gasteiger partial charge is 0.488 e. The number of carbonyl (C=O) groups is 1. The van der Waals surface area contributed by atoms with Crippen LogP contribution in [0.25, 0.3) is 0 Å². The second-order valence-corrected chi connectivity index (χ2v) is 6.39. The third-order valence-corrected chi connectivity index (χ3v) is 4.31. The van der Waals surface area contributed by atoms with Crippen LogP contribution < -0.4 is 10.1 Å². The van der Waals surface area contributed by atoms with Crippen LogP contribution in [0.1, 0.15) is 38.5 Å². The highest BCUT2D eigenvalue weighted by atomic mass is 16.5. The number of anilines is 1. The van der Waals surface area contributed by atoms with Crippen molar-refractivity contribution in [2.24, 2.45) is 0 Å². The zero-order valence-electron chi connectivity index (χ0n) is 15.4. The van der Waals surface area contributed by atoms with E-state index < -0.39 is 0 Å². The van der Waals surface area contributed by atoms with Crippen LogP contribution in [0, 0.1) is 27.7 Å². The van der Waals surface area contributed by atoms with Gasteiger partial charge in [-0.25, -0.2) is 0 Å². The molecule has 0 aliphatic carbocycles. The minimum atomic E-state index is -0.307. The van der Waals surface area contributed by atoms with Crippen molar-refractivity contribution in [3.63, 3.8) is 0 Å². The molecule has 0 atom stereocenters. The van der Waals surface area contributed by atoms with Crippen LogP contribution in [0.4, 0.5) is 5.69 Å². The summed E-state index contributed by atoms with van der Waals surface area (Å²) in [5, 5.41) is 6.85. The number of nitrogens with one attached hydrogen (secondary N) is 1. The first kappa shape index (κ1) is 17.7. The molecular formula is C21H22N2O3. The second kappa shape index (κ2) is 7.44. The molecule has 2 aromatic carbocycles.